The molecule has 4 heterocycles. The lowest BCUT2D eigenvalue weighted by molar-refractivity contribution is -0.142. The van der Waals surface area contributed by atoms with Gasteiger partial charge in [0.1, 0.15) is 0 Å². The second-order valence-electron chi connectivity index (χ2n) is 6.11. The zero-order valence-electron chi connectivity index (χ0n) is 15.0. The third kappa shape index (κ3) is 3.87. The quantitative estimate of drug-likeness (QED) is 0.619. The van der Waals surface area contributed by atoms with E-state index >= 15 is 0 Å². The van der Waals surface area contributed by atoms with E-state index in [-0.39, 0.29) is 12.4 Å². The second-order valence-corrected chi connectivity index (χ2v) is 6.11. The number of hydrogen-bond acceptors (Lipinski definition) is 8. The Labute approximate surface area is 156 Å². The fraction of sp³-hybridized carbons (Fsp3) is 0.389. The Balaban J connectivity index is 1.53. The summed E-state index contributed by atoms with van der Waals surface area (Å²) in [5.74, 6) is 0.399. The lowest BCUT2D eigenvalue weighted by atomic mass is 10.2. The highest BCUT2D eigenvalue weighted by atomic mass is 16.5. The van der Waals surface area contributed by atoms with E-state index in [1.807, 2.05) is 12.1 Å². The average Bonchev–Trinajstić information content (AvgIpc) is 3.10. The van der Waals surface area contributed by atoms with Crippen LogP contribution in [0.15, 0.2) is 30.7 Å². The summed E-state index contributed by atoms with van der Waals surface area (Å²) in [7, 11) is 0. The third-order valence-electron chi connectivity index (χ3n) is 4.23. The normalized spacial score (nSPS) is 14.5. The van der Waals surface area contributed by atoms with Gasteiger partial charge in [0.05, 0.1) is 43.8 Å². The van der Waals surface area contributed by atoms with Crippen molar-refractivity contribution >= 4 is 17.6 Å². The van der Waals surface area contributed by atoms with E-state index in [9.17, 15) is 4.79 Å². The van der Waals surface area contributed by atoms with Gasteiger partial charge in [0.2, 0.25) is 5.95 Å². The van der Waals surface area contributed by atoms with Crippen LogP contribution in [0.2, 0.25) is 0 Å². The summed E-state index contributed by atoms with van der Waals surface area (Å²) >= 11 is 0. The van der Waals surface area contributed by atoms with E-state index in [1.54, 1.807) is 30.0 Å². The fourth-order valence-corrected chi connectivity index (χ4v) is 2.91. The summed E-state index contributed by atoms with van der Waals surface area (Å²) in [5.41, 5.74) is 2.84. The largest absolute Gasteiger partial charge is 0.466 e. The van der Waals surface area contributed by atoms with Crippen molar-refractivity contribution in [3.05, 3.63) is 36.4 Å². The van der Waals surface area contributed by atoms with Crippen LogP contribution in [-0.4, -0.2) is 63.4 Å². The number of ether oxygens (including phenoxy) is 2. The van der Waals surface area contributed by atoms with Crippen LogP contribution in [0.4, 0.5) is 5.95 Å². The lowest BCUT2D eigenvalue weighted by Crippen LogP contribution is -2.37. The molecule has 3 aromatic rings. The van der Waals surface area contributed by atoms with Gasteiger partial charge >= 0.3 is 5.97 Å². The molecule has 4 rings (SSSR count). The minimum absolute atomic E-state index is 0.129. The minimum Gasteiger partial charge on any atom is -0.466 e. The van der Waals surface area contributed by atoms with Crippen LogP contribution in [0.25, 0.3) is 16.9 Å². The maximum Gasteiger partial charge on any atom is 0.311 e. The van der Waals surface area contributed by atoms with Crippen LogP contribution in [0.1, 0.15) is 12.6 Å². The molecule has 0 aliphatic carbocycles. The van der Waals surface area contributed by atoms with E-state index in [1.165, 1.54) is 0 Å². The van der Waals surface area contributed by atoms with Gasteiger partial charge in [-0.3, -0.25) is 4.79 Å². The molecule has 140 valence electrons. The Morgan fingerprint density at radius 3 is 2.74 bits per heavy atom. The summed E-state index contributed by atoms with van der Waals surface area (Å²) < 4.78 is 12.0. The van der Waals surface area contributed by atoms with Crippen molar-refractivity contribution in [2.24, 2.45) is 0 Å². The number of carbonyl (C=O) groups is 1. The molecule has 0 saturated carbocycles. The Morgan fingerprint density at radius 2 is 2.00 bits per heavy atom. The molecule has 0 radical (unpaired) electrons. The maximum atomic E-state index is 11.6. The molecule has 0 spiro atoms. The first-order valence-electron chi connectivity index (χ1n) is 8.89. The molecular formula is C18H20N6O3. The number of nitrogens with zero attached hydrogens (tertiary/aromatic N) is 6. The summed E-state index contributed by atoms with van der Waals surface area (Å²) in [6.07, 6.45) is 5.40. The van der Waals surface area contributed by atoms with Crippen molar-refractivity contribution in [3.8, 4) is 11.3 Å². The monoisotopic (exact) mass is 368 g/mol. The number of morpholine rings is 1. The number of hydrogen-bond donors (Lipinski definition) is 0. The third-order valence-corrected chi connectivity index (χ3v) is 4.23. The van der Waals surface area contributed by atoms with Crippen LogP contribution in [0, 0.1) is 0 Å². The number of esters is 1. The van der Waals surface area contributed by atoms with Crippen LogP contribution in [0.3, 0.4) is 0 Å². The summed E-state index contributed by atoms with van der Waals surface area (Å²) in [5, 5.41) is 4.55. The SMILES string of the molecule is CCOC(=O)Cc1cn2nc(-c3cnc(N4CCOCC4)nc3)ccc2n1. The van der Waals surface area contributed by atoms with Gasteiger partial charge in [0.25, 0.3) is 0 Å². The van der Waals surface area contributed by atoms with Gasteiger partial charge in [-0.25, -0.2) is 19.5 Å². The van der Waals surface area contributed by atoms with Crippen molar-refractivity contribution in [1.29, 1.82) is 0 Å². The highest BCUT2D eigenvalue weighted by Gasteiger charge is 2.14. The van der Waals surface area contributed by atoms with Gasteiger partial charge in [-0.15, -0.1) is 0 Å². The van der Waals surface area contributed by atoms with Crippen LogP contribution in [-0.2, 0) is 20.7 Å². The van der Waals surface area contributed by atoms with Crippen molar-refractivity contribution in [1.82, 2.24) is 24.6 Å². The molecule has 1 aliphatic rings. The molecule has 27 heavy (non-hydrogen) atoms. The highest BCUT2D eigenvalue weighted by Crippen LogP contribution is 2.18. The van der Waals surface area contributed by atoms with E-state index in [2.05, 4.69) is 25.0 Å². The van der Waals surface area contributed by atoms with Gasteiger partial charge in [-0.1, -0.05) is 0 Å². The lowest BCUT2D eigenvalue weighted by Gasteiger charge is -2.26. The Bertz CT molecular complexity index is 934. The molecule has 0 atom stereocenters. The number of rotatable bonds is 5. The van der Waals surface area contributed by atoms with Crippen molar-refractivity contribution in [2.75, 3.05) is 37.8 Å². The zero-order valence-corrected chi connectivity index (χ0v) is 15.0. The van der Waals surface area contributed by atoms with E-state index in [0.29, 0.717) is 37.1 Å². The van der Waals surface area contributed by atoms with Crippen LogP contribution >= 0.6 is 0 Å². The minimum atomic E-state index is -0.298. The first-order valence-corrected chi connectivity index (χ1v) is 8.89. The van der Waals surface area contributed by atoms with Crippen molar-refractivity contribution < 1.29 is 14.3 Å². The topological polar surface area (TPSA) is 94.7 Å². The van der Waals surface area contributed by atoms with Crippen molar-refractivity contribution in [3.63, 3.8) is 0 Å². The molecule has 3 aromatic heterocycles. The second kappa shape index (κ2) is 7.67. The van der Waals surface area contributed by atoms with Gasteiger partial charge in [0, 0.05) is 31.0 Å². The number of imidazole rings is 1. The van der Waals surface area contributed by atoms with Gasteiger partial charge in [-0.05, 0) is 19.1 Å². The molecule has 9 nitrogen and oxygen atoms in total. The molecular weight excluding hydrogens is 348 g/mol. The Kier molecular flexibility index (Phi) is 4.93. The predicted molar refractivity (Wildman–Crippen MR) is 97.4 cm³/mol. The highest BCUT2D eigenvalue weighted by molar-refractivity contribution is 5.72. The molecule has 0 aromatic carbocycles. The average molecular weight is 368 g/mol. The molecule has 0 bridgehead atoms. The van der Waals surface area contributed by atoms with Gasteiger partial charge in [0.15, 0.2) is 5.65 Å². The smallest absolute Gasteiger partial charge is 0.311 e. The summed E-state index contributed by atoms with van der Waals surface area (Å²) in [4.78, 5) is 27.0. The Morgan fingerprint density at radius 1 is 1.22 bits per heavy atom. The van der Waals surface area contributed by atoms with Gasteiger partial charge in [-0.2, -0.15) is 5.10 Å². The number of fused-ring (bicyclic) bond motifs is 1. The molecule has 0 unspecified atom stereocenters. The molecule has 0 amide bonds. The molecule has 1 fully saturated rings. The first kappa shape index (κ1) is 17.3. The van der Waals surface area contributed by atoms with Crippen LogP contribution in [0.5, 0.6) is 0 Å². The predicted octanol–water partition coefficient (Wildman–Crippen LogP) is 1.13. The summed E-state index contributed by atoms with van der Waals surface area (Å²) in [6, 6.07) is 3.72. The standard InChI is InChI=1S/C18H20N6O3/c1-2-27-17(25)9-14-12-24-16(21-14)4-3-15(22-24)13-10-19-18(20-11-13)23-5-7-26-8-6-23/h3-4,10-12H,2,5-9H2,1H3. The number of aromatic nitrogens is 5. The molecule has 0 N–H and O–H groups in total. The first-order chi connectivity index (χ1) is 13.2. The number of carbonyl (C=O) groups excluding carboxylic acids is 1. The van der Waals surface area contributed by atoms with E-state index < -0.39 is 0 Å². The molecule has 1 saturated heterocycles. The van der Waals surface area contributed by atoms with Crippen LogP contribution < -0.4 is 4.90 Å². The van der Waals surface area contributed by atoms with E-state index in [4.69, 9.17) is 9.47 Å². The summed E-state index contributed by atoms with van der Waals surface area (Å²) in [6.45, 7) is 5.11. The molecule has 9 heteroatoms. The zero-order chi connectivity index (χ0) is 18.6. The van der Waals surface area contributed by atoms with Crippen molar-refractivity contribution in [2.45, 2.75) is 13.3 Å². The maximum absolute atomic E-state index is 11.6. The molecule has 1 aliphatic heterocycles. The van der Waals surface area contributed by atoms with Gasteiger partial charge < -0.3 is 14.4 Å². The number of anilines is 1. The fourth-order valence-electron chi connectivity index (χ4n) is 2.91. The Hall–Kier alpha value is -3.07. The van der Waals surface area contributed by atoms with E-state index in [0.717, 1.165) is 24.3 Å².